The van der Waals surface area contributed by atoms with Crippen LogP contribution in [0.1, 0.15) is 36.5 Å². The molecule has 1 amide bonds. The third kappa shape index (κ3) is 2.10. The van der Waals surface area contributed by atoms with Crippen molar-refractivity contribution >= 4 is 11.7 Å². The predicted octanol–water partition coefficient (Wildman–Crippen LogP) is 4.54. The van der Waals surface area contributed by atoms with Gasteiger partial charge in [0, 0.05) is 6.42 Å². The van der Waals surface area contributed by atoms with Crippen molar-refractivity contribution in [2.45, 2.75) is 31.3 Å². The largest absolute Gasteiger partial charge is 0.315 e. The Labute approximate surface area is 164 Å². The van der Waals surface area contributed by atoms with Gasteiger partial charge in [-0.25, -0.2) is 0 Å². The number of likely N-dealkylation sites (tertiary alicyclic amines) is 1. The molecule has 0 spiro atoms. The van der Waals surface area contributed by atoms with Crippen LogP contribution in [-0.2, 0) is 15.1 Å². The van der Waals surface area contributed by atoms with Gasteiger partial charge in [0.1, 0.15) is 5.54 Å². The SMILES string of the molecule is CC(=O)[C@@H]1CCC(=O)N1C1(c2ccccc2)c2ccccc2-c2ccccc21. The Morgan fingerprint density at radius 1 is 0.857 bits per heavy atom. The van der Waals surface area contributed by atoms with Crippen molar-refractivity contribution in [1.29, 1.82) is 0 Å². The van der Waals surface area contributed by atoms with Crippen LogP contribution >= 0.6 is 0 Å². The van der Waals surface area contributed by atoms with Crippen LogP contribution in [0, 0.1) is 0 Å². The van der Waals surface area contributed by atoms with Crippen molar-refractivity contribution in [2.75, 3.05) is 0 Å². The van der Waals surface area contributed by atoms with Crippen LogP contribution in [0.25, 0.3) is 11.1 Å². The highest BCUT2D eigenvalue weighted by atomic mass is 16.2. The van der Waals surface area contributed by atoms with E-state index in [1.807, 2.05) is 47.4 Å². The number of fused-ring (bicyclic) bond motifs is 3. The Morgan fingerprint density at radius 2 is 1.39 bits per heavy atom. The number of rotatable bonds is 3. The maximum atomic E-state index is 13.2. The summed E-state index contributed by atoms with van der Waals surface area (Å²) in [4.78, 5) is 27.7. The lowest BCUT2D eigenvalue weighted by Gasteiger charge is -2.44. The van der Waals surface area contributed by atoms with Gasteiger partial charge in [-0.2, -0.15) is 0 Å². The summed E-state index contributed by atoms with van der Waals surface area (Å²) in [5.74, 6) is 0.0820. The summed E-state index contributed by atoms with van der Waals surface area (Å²) < 4.78 is 0. The number of amides is 1. The molecule has 0 N–H and O–H groups in total. The molecule has 0 bridgehead atoms. The summed E-state index contributed by atoms with van der Waals surface area (Å²) in [5, 5.41) is 0. The van der Waals surface area contributed by atoms with E-state index in [2.05, 4.69) is 36.4 Å². The molecule has 0 radical (unpaired) electrons. The number of carbonyl (C=O) groups is 2. The molecule has 3 heteroatoms. The van der Waals surface area contributed by atoms with E-state index >= 15 is 0 Å². The normalized spacial score (nSPS) is 19.4. The minimum atomic E-state index is -0.779. The van der Waals surface area contributed by atoms with Crippen LogP contribution in [-0.4, -0.2) is 22.6 Å². The Balaban J connectivity index is 1.92. The van der Waals surface area contributed by atoms with Crippen LogP contribution in [0.3, 0.4) is 0 Å². The zero-order valence-electron chi connectivity index (χ0n) is 15.8. The number of nitrogens with zero attached hydrogens (tertiary/aromatic N) is 1. The van der Waals surface area contributed by atoms with E-state index in [1.165, 1.54) is 0 Å². The molecule has 5 rings (SSSR count). The minimum Gasteiger partial charge on any atom is -0.315 e. The van der Waals surface area contributed by atoms with Crippen LogP contribution in [0.4, 0.5) is 0 Å². The van der Waals surface area contributed by atoms with E-state index in [-0.39, 0.29) is 11.7 Å². The van der Waals surface area contributed by atoms with Crippen LogP contribution in [0.2, 0.25) is 0 Å². The third-order valence-electron chi connectivity index (χ3n) is 6.16. The fourth-order valence-corrected chi connectivity index (χ4v) is 5.09. The Hall–Kier alpha value is -3.20. The van der Waals surface area contributed by atoms with Gasteiger partial charge in [-0.1, -0.05) is 78.9 Å². The monoisotopic (exact) mass is 367 g/mol. The summed E-state index contributed by atoms with van der Waals surface area (Å²) >= 11 is 0. The smallest absolute Gasteiger partial charge is 0.224 e. The standard InChI is InChI=1S/C25H21NO2/c1-17(27)23-15-16-24(28)26(23)25(18-9-3-2-4-10-18)21-13-7-5-11-19(21)20-12-6-8-14-22(20)25/h2-14,23H,15-16H2,1H3/t23-/m0/s1. The second-order valence-corrected chi connectivity index (χ2v) is 7.60. The quantitative estimate of drug-likeness (QED) is 0.682. The molecule has 3 aromatic carbocycles. The number of hydrogen-bond acceptors (Lipinski definition) is 2. The molecular formula is C25H21NO2. The molecule has 1 aliphatic carbocycles. The summed E-state index contributed by atoms with van der Waals surface area (Å²) in [6.45, 7) is 1.60. The van der Waals surface area contributed by atoms with Gasteiger partial charge in [-0.3, -0.25) is 9.59 Å². The number of hydrogen-bond donors (Lipinski definition) is 0. The van der Waals surface area contributed by atoms with Crippen LogP contribution in [0.5, 0.6) is 0 Å². The van der Waals surface area contributed by atoms with Gasteiger partial charge in [0.25, 0.3) is 0 Å². The highest BCUT2D eigenvalue weighted by Crippen LogP contribution is 2.56. The molecule has 2 aliphatic rings. The van der Waals surface area contributed by atoms with Gasteiger partial charge in [0.05, 0.1) is 6.04 Å². The first kappa shape index (κ1) is 16.9. The summed E-state index contributed by atoms with van der Waals surface area (Å²) in [6, 6.07) is 26.3. The molecular weight excluding hydrogens is 346 g/mol. The zero-order chi connectivity index (χ0) is 19.3. The van der Waals surface area contributed by atoms with E-state index in [0.29, 0.717) is 12.8 Å². The van der Waals surface area contributed by atoms with Gasteiger partial charge in [-0.15, -0.1) is 0 Å². The molecule has 1 aliphatic heterocycles. The highest BCUT2D eigenvalue weighted by molar-refractivity contribution is 5.95. The predicted molar refractivity (Wildman–Crippen MR) is 109 cm³/mol. The maximum Gasteiger partial charge on any atom is 0.224 e. The Bertz CT molecular complexity index is 1040. The van der Waals surface area contributed by atoms with E-state index in [9.17, 15) is 9.59 Å². The molecule has 1 fully saturated rings. The second kappa shape index (κ2) is 6.16. The number of Topliss-reactive ketones (excluding diaryl/α,β-unsaturated/α-hetero) is 1. The fourth-order valence-electron chi connectivity index (χ4n) is 5.09. The molecule has 0 saturated carbocycles. The zero-order valence-corrected chi connectivity index (χ0v) is 15.8. The van der Waals surface area contributed by atoms with Crippen molar-refractivity contribution in [2.24, 2.45) is 0 Å². The van der Waals surface area contributed by atoms with Crippen molar-refractivity contribution in [3.05, 3.63) is 95.6 Å². The topological polar surface area (TPSA) is 37.4 Å². The maximum absolute atomic E-state index is 13.2. The first-order valence-electron chi connectivity index (χ1n) is 9.73. The lowest BCUT2D eigenvalue weighted by Crippen LogP contribution is -2.53. The van der Waals surface area contributed by atoms with E-state index < -0.39 is 11.6 Å². The molecule has 28 heavy (non-hydrogen) atoms. The summed E-state index contributed by atoms with van der Waals surface area (Å²) in [6.07, 6.45) is 0.982. The molecule has 0 unspecified atom stereocenters. The minimum absolute atomic E-state index is 0.0376. The highest BCUT2D eigenvalue weighted by Gasteiger charge is 2.55. The average Bonchev–Trinajstić information content (AvgIpc) is 3.25. The number of carbonyl (C=O) groups excluding carboxylic acids is 2. The first-order chi connectivity index (χ1) is 13.7. The molecule has 3 aromatic rings. The van der Waals surface area contributed by atoms with Gasteiger partial charge in [-0.05, 0) is 41.2 Å². The lowest BCUT2D eigenvalue weighted by molar-refractivity contribution is -0.137. The van der Waals surface area contributed by atoms with E-state index in [0.717, 1.165) is 27.8 Å². The molecule has 1 heterocycles. The molecule has 1 atom stereocenters. The molecule has 138 valence electrons. The van der Waals surface area contributed by atoms with Gasteiger partial charge in [0.15, 0.2) is 5.78 Å². The summed E-state index contributed by atoms with van der Waals surface area (Å²) in [7, 11) is 0. The van der Waals surface area contributed by atoms with Crippen molar-refractivity contribution in [1.82, 2.24) is 4.90 Å². The second-order valence-electron chi connectivity index (χ2n) is 7.60. The molecule has 0 aromatic heterocycles. The Kier molecular flexibility index (Phi) is 3.73. The lowest BCUT2D eigenvalue weighted by atomic mass is 9.78. The van der Waals surface area contributed by atoms with Gasteiger partial charge >= 0.3 is 0 Å². The van der Waals surface area contributed by atoms with Crippen molar-refractivity contribution < 1.29 is 9.59 Å². The number of benzene rings is 3. The van der Waals surface area contributed by atoms with Crippen molar-refractivity contribution in [3.63, 3.8) is 0 Å². The third-order valence-corrected chi connectivity index (χ3v) is 6.16. The molecule has 1 saturated heterocycles. The summed E-state index contributed by atoms with van der Waals surface area (Å²) in [5.41, 5.74) is 4.65. The van der Waals surface area contributed by atoms with Crippen LogP contribution in [0.15, 0.2) is 78.9 Å². The van der Waals surface area contributed by atoms with Gasteiger partial charge in [0.2, 0.25) is 5.91 Å². The van der Waals surface area contributed by atoms with Gasteiger partial charge < -0.3 is 4.90 Å². The van der Waals surface area contributed by atoms with Crippen molar-refractivity contribution in [3.8, 4) is 11.1 Å². The van der Waals surface area contributed by atoms with E-state index in [4.69, 9.17) is 0 Å². The first-order valence-corrected chi connectivity index (χ1v) is 9.73. The fraction of sp³-hybridized carbons (Fsp3) is 0.200. The average molecular weight is 367 g/mol. The number of ketones is 1. The molecule has 3 nitrogen and oxygen atoms in total. The van der Waals surface area contributed by atoms with Crippen LogP contribution < -0.4 is 0 Å². The Morgan fingerprint density at radius 3 is 1.96 bits per heavy atom. The van der Waals surface area contributed by atoms with E-state index in [1.54, 1.807) is 6.92 Å².